The van der Waals surface area contributed by atoms with Gasteiger partial charge in [-0.05, 0) is 59.8 Å². The predicted molar refractivity (Wildman–Crippen MR) is 101 cm³/mol. The van der Waals surface area contributed by atoms with Gasteiger partial charge in [0, 0.05) is 25.7 Å². The normalized spacial score (nSPS) is 36.6. The van der Waals surface area contributed by atoms with Gasteiger partial charge in [0.25, 0.3) is 10.0 Å². The Kier molecular flexibility index (Phi) is 4.34. The van der Waals surface area contributed by atoms with Gasteiger partial charge in [-0.1, -0.05) is 26.8 Å². The Morgan fingerprint density at radius 3 is 2.56 bits per heavy atom. The van der Waals surface area contributed by atoms with Crippen molar-refractivity contribution in [3.05, 3.63) is 17.5 Å². The molecule has 0 spiro atoms. The molecule has 1 saturated carbocycles. The topological polar surface area (TPSA) is 51.5 Å². The summed E-state index contributed by atoms with van der Waals surface area (Å²) in [5.41, 5.74) is 0.614. The molecule has 0 aromatic carbocycles. The molecule has 25 heavy (non-hydrogen) atoms. The fraction of sp³-hybridized carbons (Fsp3) is 0.789. The van der Waals surface area contributed by atoms with Crippen LogP contribution in [0.5, 0.6) is 0 Å². The zero-order valence-electron chi connectivity index (χ0n) is 15.4. The minimum atomic E-state index is -3.29. The molecule has 3 heterocycles. The number of sulfonamides is 1. The summed E-state index contributed by atoms with van der Waals surface area (Å²) in [7, 11) is -3.29. The highest BCUT2D eigenvalue weighted by Crippen LogP contribution is 2.58. The van der Waals surface area contributed by atoms with Gasteiger partial charge in [0.1, 0.15) is 4.21 Å². The molecule has 1 aromatic heterocycles. The molecule has 2 aliphatic heterocycles. The third-order valence-corrected chi connectivity index (χ3v) is 10.1. The van der Waals surface area contributed by atoms with Crippen LogP contribution >= 0.6 is 11.3 Å². The van der Waals surface area contributed by atoms with E-state index in [1.165, 1.54) is 24.2 Å². The Bertz CT molecular complexity index is 721. The Morgan fingerprint density at radius 2 is 1.92 bits per heavy atom. The van der Waals surface area contributed by atoms with E-state index in [1.54, 1.807) is 10.4 Å². The summed E-state index contributed by atoms with van der Waals surface area (Å²) in [6.45, 7) is 9.58. The van der Waals surface area contributed by atoms with E-state index in [2.05, 4.69) is 20.8 Å². The second kappa shape index (κ2) is 6.04. The van der Waals surface area contributed by atoms with Crippen molar-refractivity contribution in [3.63, 3.8) is 0 Å². The summed E-state index contributed by atoms with van der Waals surface area (Å²) < 4.78 is 27.7. The van der Waals surface area contributed by atoms with Crippen LogP contribution in [0.4, 0.5) is 0 Å². The van der Waals surface area contributed by atoms with Crippen LogP contribution in [0.1, 0.15) is 46.5 Å². The lowest BCUT2D eigenvalue weighted by molar-refractivity contribution is -0.0287. The van der Waals surface area contributed by atoms with Crippen molar-refractivity contribution in [2.75, 3.05) is 19.6 Å². The number of thiophene rings is 1. The van der Waals surface area contributed by atoms with Gasteiger partial charge in [-0.25, -0.2) is 13.7 Å². The fourth-order valence-electron chi connectivity index (χ4n) is 6.24. The molecule has 1 aromatic rings. The number of rotatable bonds is 3. The fourth-order valence-corrected chi connectivity index (χ4v) is 8.85. The smallest absolute Gasteiger partial charge is 0.238 e. The van der Waals surface area contributed by atoms with Crippen LogP contribution < -0.4 is 5.32 Å². The van der Waals surface area contributed by atoms with Gasteiger partial charge >= 0.3 is 0 Å². The summed E-state index contributed by atoms with van der Waals surface area (Å²) in [4.78, 5) is 0. The maximum Gasteiger partial charge on any atom is 0.252 e. The second-order valence-electron chi connectivity index (χ2n) is 9.20. The van der Waals surface area contributed by atoms with E-state index in [4.69, 9.17) is 5.32 Å². The highest BCUT2D eigenvalue weighted by atomic mass is 32.2. The zero-order valence-corrected chi connectivity index (χ0v) is 17.1. The standard InChI is InChI=1S/C19H29N2O2S2/c1-18(2)11-15-12-19(3,13-20-15)17(18)14-6-8-21(9-7-14)25(22,23)16-5-4-10-24-16/h4-5,10,14-15,17H,6-9,11-13H2,1-3H3. The third kappa shape index (κ3) is 2.99. The number of nitrogens with zero attached hydrogens (tertiary/aromatic N) is 2. The van der Waals surface area contributed by atoms with Gasteiger partial charge in [0.15, 0.2) is 0 Å². The monoisotopic (exact) mass is 381 g/mol. The van der Waals surface area contributed by atoms with E-state index >= 15 is 0 Å². The van der Waals surface area contributed by atoms with Gasteiger partial charge in [0.05, 0.1) is 0 Å². The molecule has 0 amide bonds. The van der Waals surface area contributed by atoms with E-state index in [0.717, 1.165) is 19.4 Å². The molecule has 3 aliphatic rings. The van der Waals surface area contributed by atoms with Gasteiger partial charge in [-0.15, -0.1) is 11.3 Å². The third-order valence-electron chi connectivity index (χ3n) is 6.83. The molecule has 6 heteroatoms. The van der Waals surface area contributed by atoms with E-state index in [1.807, 2.05) is 11.4 Å². The molecule has 2 saturated heterocycles. The number of fused-ring (bicyclic) bond motifs is 2. The quantitative estimate of drug-likeness (QED) is 0.803. The predicted octanol–water partition coefficient (Wildman–Crippen LogP) is 3.58. The molecule has 4 rings (SSSR count). The molecule has 0 N–H and O–H groups in total. The minimum absolute atomic E-state index is 0.303. The molecular weight excluding hydrogens is 352 g/mol. The molecule has 1 aliphatic carbocycles. The van der Waals surface area contributed by atoms with Crippen molar-refractivity contribution in [3.8, 4) is 0 Å². The molecular formula is C19H29N2O2S2. The van der Waals surface area contributed by atoms with Crippen LogP contribution in [0.25, 0.3) is 0 Å². The van der Waals surface area contributed by atoms with Crippen LogP contribution in [0, 0.1) is 22.7 Å². The second-order valence-corrected chi connectivity index (χ2v) is 12.3. The van der Waals surface area contributed by atoms with Crippen LogP contribution in [-0.4, -0.2) is 38.4 Å². The Balaban J connectivity index is 1.50. The number of hydrogen-bond donors (Lipinski definition) is 0. The lowest BCUT2D eigenvalue weighted by Crippen LogP contribution is -2.50. The molecule has 3 atom stereocenters. The molecule has 2 bridgehead atoms. The van der Waals surface area contributed by atoms with Crippen LogP contribution in [0.3, 0.4) is 0 Å². The van der Waals surface area contributed by atoms with Gasteiger partial charge in [-0.2, -0.15) is 4.31 Å². The molecule has 3 unspecified atom stereocenters. The first-order valence-corrected chi connectivity index (χ1v) is 11.7. The van der Waals surface area contributed by atoms with Crippen molar-refractivity contribution >= 4 is 21.4 Å². The highest BCUT2D eigenvalue weighted by molar-refractivity contribution is 7.91. The largest absolute Gasteiger partial charge is 0.252 e. The Hall–Kier alpha value is -0.430. The zero-order chi connectivity index (χ0) is 17.9. The van der Waals surface area contributed by atoms with Crippen molar-refractivity contribution in [2.24, 2.45) is 22.7 Å². The van der Waals surface area contributed by atoms with Gasteiger partial charge in [0.2, 0.25) is 0 Å². The number of hydrogen-bond acceptors (Lipinski definition) is 3. The van der Waals surface area contributed by atoms with Gasteiger partial charge in [-0.3, -0.25) is 0 Å². The summed E-state index contributed by atoms with van der Waals surface area (Å²) in [6, 6.07) is 4.09. The summed E-state index contributed by atoms with van der Waals surface area (Å²) in [6.07, 6.45) is 4.40. The first-order chi connectivity index (χ1) is 11.7. The van der Waals surface area contributed by atoms with Crippen LogP contribution in [0.15, 0.2) is 21.7 Å². The van der Waals surface area contributed by atoms with E-state index in [0.29, 0.717) is 46.0 Å². The molecule has 3 fully saturated rings. The maximum absolute atomic E-state index is 12.8. The summed E-state index contributed by atoms with van der Waals surface area (Å²) in [5, 5.41) is 6.73. The van der Waals surface area contributed by atoms with Crippen molar-refractivity contribution < 1.29 is 8.42 Å². The Labute approximate surface area is 156 Å². The number of piperidine rings is 1. The summed E-state index contributed by atoms with van der Waals surface area (Å²) in [5.74, 6) is 1.26. The molecule has 4 nitrogen and oxygen atoms in total. The van der Waals surface area contributed by atoms with E-state index in [9.17, 15) is 8.42 Å². The first-order valence-electron chi connectivity index (χ1n) is 9.43. The van der Waals surface area contributed by atoms with Crippen LogP contribution in [-0.2, 0) is 10.0 Å². The lowest BCUT2D eigenvalue weighted by atomic mass is 9.52. The minimum Gasteiger partial charge on any atom is -0.238 e. The van der Waals surface area contributed by atoms with Crippen LogP contribution in [0.2, 0.25) is 0 Å². The maximum atomic E-state index is 12.8. The van der Waals surface area contributed by atoms with Crippen molar-refractivity contribution in [1.29, 1.82) is 0 Å². The van der Waals surface area contributed by atoms with E-state index < -0.39 is 10.0 Å². The van der Waals surface area contributed by atoms with E-state index in [-0.39, 0.29) is 0 Å². The Morgan fingerprint density at radius 1 is 1.20 bits per heavy atom. The van der Waals surface area contributed by atoms with Crippen molar-refractivity contribution in [2.45, 2.75) is 56.7 Å². The lowest BCUT2D eigenvalue weighted by Gasteiger charge is -2.53. The first kappa shape index (κ1) is 18.0. The summed E-state index contributed by atoms with van der Waals surface area (Å²) >= 11 is 1.32. The highest BCUT2D eigenvalue weighted by Gasteiger charge is 2.56. The van der Waals surface area contributed by atoms with Crippen molar-refractivity contribution in [1.82, 2.24) is 9.62 Å². The molecule has 1 radical (unpaired) electrons. The average Bonchev–Trinajstić information content (AvgIpc) is 3.16. The van der Waals surface area contributed by atoms with Gasteiger partial charge < -0.3 is 0 Å². The molecule has 139 valence electrons. The average molecular weight is 382 g/mol. The SMILES string of the molecule is CC1(C)CC2CC(C)(C[N]2)C1C1CCN(S(=O)(=O)c2cccs2)CC1.